The first-order valence-corrected chi connectivity index (χ1v) is 8.03. The quantitative estimate of drug-likeness (QED) is 0.650. The van der Waals surface area contributed by atoms with Crippen LogP contribution in [0.4, 0.5) is 4.39 Å². The van der Waals surface area contributed by atoms with Gasteiger partial charge in [0.05, 0.1) is 11.6 Å². The molecule has 0 aliphatic heterocycles. The summed E-state index contributed by atoms with van der Waals surface area (Å²) in [5, 5.41) is 8.86. The van der Waals surface area contributed by atoms with E-state index in [1.165, 1.54) is 18.4 Å². The Morgan fingerprint density at radius 2 is 2.12 bits per heavy atom. The second kappa shape index (κ2) is 9.57. The summed E-state index contributed by atoms with van der Waals surface area (Å²) >= 11 is 5.56. The molecule has 138 valence electrons. The molecular formula is C17H17ClFN3O4. The van der Waals surface area contributed by atoms with Crippen molar-refractivity contribution in [3.8, 4) is 5.75 Å². The Morgan fingerprint density at radius 1 is 1.31 bits per heavy atom. The lowest BCUT2D eigenvalue weighted by Crippen LogP contribution is -2.31. The molecule has 0 spiro atoms. The Morgan fingerprint density at radius 3 is 2.81 bits per heavy atom. The van der Waals surface area contributed by atoms with Crippen molar-refractivity contribution in [1.29, 1.82) is 0 Å². The molecule has 2 N–H and O–H groups in total. The van der Waals surface area contributed by atoms with Gasteiger partial charge in [-0.15, -0.1) is 0 Å². The Balaban J connectivity index is 1.63. The lowest BCUT2D eigenvalue weighted by atomic mass is 10.2. The molecule has 0 saturated carbocycles. The number of halogens is 2. The molecule has 2 aromatic rings. The monoisotopic (exact) mass is 381 g/mol. The fraction of sp³-hybridized carbons (Fsp3) is 0.235. The summed E-state index contributed by atoms with van der Waals surface area (Å²) in [5.41, 5.74) is 0.907. The van der Waals surface area contributed by atoms with Crippen LogP contribution in [0.15, 0.2) is 47.2 Å². The largest absolute Gasteiger partial charge is 0.484 e. The topological polar surface area (TPSA) is 93.5 Å². The van der Waals surface area contributed by atoms with Gasteiger partial charge in [0.1, 0.15) is 23.5 Å². The van der Waals surface area contributed by atoms with Gasteiger partial charge in [-0.1, -0.05) is 23.3 Å². The van der Waals surface area contributed by atoms with Crippen LogP contribution in [0.5, 0.6) is 5.75 Å². The van der Waals surface area contributed by atoms with E-state index in [2.05, 4.69) is 26.9 Å². The number of carbonyl (C=O) groups excluding carboxylic acids is 2. The highest BCUT2D eigenvalue weighted by molar-refractivity contribution is 6.30. The highest BCUT2D eigenvalue weighted by atomic mass is 35.5. The number of aromatic nitrogens is 1. The van der Waals surface area contributed by atoms with Gasteiger partial charge in [0.15, 0.2) is 6.61 Å². The summed E-state index contributed by atoms with van der Waals surface area (Å²) in [6.07, 6.45) is 1.68. The van der Waals surface area contributed by atoms with Gasteiger partial charge >= 0.3 is 0 Å². The highest BCUT2D eigenvalue weighted by Gasteiger charge is 2.09. The number of ether oxygens (including phenoxy) is 1. The van der Waals surface area contributed by atoms with Crippen molar-refractivity contribution >= 4 is 23.4 Å². The molecule has 0 radical (unpaired) electrons. The summed E-state index contributed by atoms with van der Waals surface area (Å²) in [7, 11) is 0. The molecule has 0 atom stereocenters. The molecule has 9 heteroatoms. The molecule has 0 aliphatic rings. The van der Waals surface area contributed by atoms with Gasteiger partial charge in [-0.2, -0.15) is 0 Å². The number of benzene rings is 1. The lowest BCUT2D eigenvalue weighted by molar-refractivity contribution is -0.123. The van der Waals surface area contributed by atoms with Gasteiger partial charge in [0.25, 0.3) is 5.91 Å². The van der Waals surface area contributed by atoms with Gasteiger partial charge < -0.3 is 19.9 Å². The Labute approximate surface area is 154 Å². The van der Waals surface area contributed by atoms with E-state index in [1.54, 1.807) is 6.07 Å². The molecule has 2 amide bonds. The van der Waals surface area contributed by atoms with Crippen molar-refractivity contribution in [2.45, 2.75) is 13.0 Å². The fourth-order valence-corrected chi connectivity index (χ4v) is 1.98. The van der Waals surface area contributed by atoms with E-state index < -0.39 is 11.7 Å². The first kappa shape index (κ1) is 19.5. The maximum Gasteiger partial charge on any atom is 0.257 e. The normalized spacial score (nSPS) is 10.2. The maximum absolute atomic E-state index is 13.3. The Hall–Kier alpha value is -2.87. The lowest BCUT2D eigenvalue weighted by Gasteiger charge is -2.09. The third kappa shape index (κ3) is 6.21. The average Bonchev–Trinajstić information content (AvgIpc) is 3.14. The van der Waals surface area contributed by atoms with E-state index in [1.807, 2.05) is 0 Å². The number of hydrogen-bond acceptors (Lipinski definition) is 5. The van der Waals surface area contributed by atoms with Crippen LogP contribution in [0, 0.1) is 5.82 Å². The zero-order valence-electron chi connectivity index (χ0n) is 13.8. The van der Waals surface area contributed by atoms with E-state index in [9.17, 15) is 14.0 Å². The van der Waals surface area contributed by atoms with E-state index in [0.29, 0.717) is 11.3 Å². The zero-order valence-corrected chi connectivity index (χ0v) is 14.5. The van der Waals surface area contributed by atoms with Crippen LogP contribution in [0.2, 0.25) is 5.02 Å². The van der Waals surface area contributed by atoms with Crippen LogP contribution < -0.4 is 15.4 Å². The SMILES string of the molecule is C=C(CCNC(=O)COc1ccc(Cl)c(F)c1)C(=O)NCc1ccon1. The van der Waals surface area contributed by atoms with E-state index in [-0.39, 0.29) is 42.8 Å². The van der Waals surface area contributed by atoms with Crippen LogP contribution in [0.1, 0.15) is 12.1 Å². The molecular weight excluding hydrogens is 365 g/mol. The summed E-state index contributed by atoms with van der Waals surface area (Å²) in [6.45, 7) is 3.83. The number of carbonyl (C=O) groups is 2. The average molecular weight is 382 g/mol. The molecule has 7 nitrogen and oxygen atoms in total. The summed E-state index contributed by atoms with van der Waals surface area (Å²) < 4.78 is 23.1. The minimum absolute atomic E-state index is 0.0258. The van der Waals surface area contributed by atoms with Gasteiger partial charge in [-0.3, -0.25) is 9.59 Å². The number of nitrogens with one attached hydrogen (secondary N) is 2. The summed E-state index contributed by atoms with van der Waals surface area (Å²) in [6, 6.07) is 5.53. The second-order valence-electron chi connectivity index (χ2n) is 5.24. The van der Waals surface area contributed by atoms with Crippen molar-refractivity contribution < 1.29 is 23.2 Å². The van der Waals surface area contributed by atoms with Gasteiger partial charge in [-0.25, -0.2) is 4.39 Å². The maximum atomic E-state index is 13.3. The van der Waals surface area contributed by atoms with Crippen LogP contribution >= 0.6 is 11.6 Å². The first-order valence-electron chi connectivity index (χ1n) is 7.65. The van der Waals surface area contributed by atoms with Gasteiger partial charge in [-0.05, 0) is 18.6 Å². The number of hydrogen-bond donors (Lipinski definition) is 2. The molecule has 0 saturated heterocycles. The van der Waals surface area contributed by atoms with Crippen molar-refractivity contribution in [3.63, 3.8) is 0 Å². The van der Waals surface area contributed by atoms with Crippen LogP contribution in [0.3, 0.4) is 0 Å². The van der Waals surface area contributed by atoms with Crippen molar-refractivity contribution in [2.24, 2.45) is 0 Å². The Kier molecular flexibility index (Phi) is 7.16. The summed E-state index contributed by atoms with van der Waals surface area (Å²) in [5.74, 6) is -1.18. The predicted octanol–water partition coefficient (Wildman–Crippen LogP) is 2.22. The van der Waals surface area contributed by atoms with Crippen LogP contribution in [-0.2, 0) is 16.1 Å². The Bertz CT molecular complexity index is 780. The molecule has 1 aromatic carbocycles. The molecule has 1 aromatic heterocycles. The molecule has 0 aliphatic carbocycles. The zero-order chi connectivity index (χ0) is 18.9. The van der Waals surface area contributed by atoms with E-state index in [4.69, 9.17) is 16.3 Å². The highest BCUT2D eigenvalue weighted by Crippen LogP contribution is 2.20. The second-order valence-corrected chi connectivity index (χ2v) is 5.65. The third-order valence-electron chi connectivity index (χ3n) is 3.25. The van der Waals surface area contributed by atoms with Crippen LogP contribution in [-0.4, -0.2) is 30.1 Å². The molecule has 0 bridgehead atoms. The van der Waals surface area contributed by atoms with Crippen molar-refractivity contribution in [2.75, 3.05) is 13.2 Å². The molecule has 2 rings (SSSR count). The fourth-order valence-electron chi connectivity index (χ4n) is 1.86. The van der Waals surface area contributed by atoms with Crippen molar-refractivity contribution in [3.05, 3.63) is 59.2 Å². The van der Waals surface area contributed by atoms with Gasteiger partial charge in [0.2, 0.25) is 5.91 Å². The van der Waals surface area contributed by atoms with Gasteiger partial charge in [0, 0.05) is 24.3 Å². The third-order valence-corrected chi connectivity index (χ3v) is 3.56. The summed E-state index contributed by atoms with van der Waals surface area (Å²) in [4.78, 5) is 23.5. The number of nitrogens with zero attached hydrogens (tertiary/aromatic N) is 1. The van der Waals surface area contributed by atoms with Crippen molar-refractivity contribution in [1.82, 2.24) is 15.8 Å². The van der Waals surface area contributed by atoms with Crippen LogP contribution in [0.25, 0.3) is 0 Å². The molecule has 0 unspecified atom stereocenters. The minimum Gasteiger partial charge on any atom is -0.484 e. The number of amides is 2. The smallest absolute Gasteiger partial charge is 0.257 e. The first-order chi connectivity index (χ1) is 12.5. The molecule has 26 heavy (non-hydrogen) atoms. The van der Waals surface area contributed by atoms with E-state index >= 15 is 0 Å². The number of rotatable bonds is 9. The standard InChI is InChI=1S/C17H17ClFN3O4/c1-11(17(24)21-9-12-5-7-26-22-12)4-6-20-16(23)10-25-13-2-3-14(18)15(19)8-13/h2-3,5,7-8H,1,4,6,9-10H2,(H,20,23)(H,21,24). The molecule has 1 heterocycles. The predicted molar refractivity (Wildman–Crippen MR) is 92.0 cm³/mol. The molecule has 0 fully saturated rings. The minimum atomic E-state index is -0.627. The van der Waals surface area contributed by atoms with E-state index in [0.717, 1.165) is 6.07 Å².